The number of carbonyl (C=O) groups excluding carboxylic acids is 1. The summed E-state index contributed by atoms with van der Waals surface area (Å²) in [6.45, 7) is 4.56. The van der Waals surface area contributed by atoms with Gasteiger partial charge in [-0.15, -0.1) is 0 Å². The molecule has 0 aliphatic carbocycles. The number of anilines is 2. The van der Waals surface area contributed by atoms with E-state index >= 15 is 0 Å². The SMILES string of the molecule is CC(=O)N1CCC(C)(c2ccc(Br)cc2)c2cc(N)ccc21. The Bertz CT molecular complexity index is 726. The summed E-state index contributed by atoms with van der Waals surface area (Å²) in [4.78, 5) is 13.8. The van der Waals surface area contributed by atoms with Crippen molar-refractivity contribution in [3.8, 4) is 0 Å². The van der Waals surface area contributed by atoms with Crippen molar-refractivity contribution >= 4 is 33.2 Å². The van der Waals surface area contributed by atoms with Crippen molar-refractivity contribution < 1.29 is 4.79 Å². The first-order valence-corrected chi connectivity index (χ1v) is 8.15. The number of hydrogen-bond donors (Lipinski definition) is 1. The predicted octanol–water partition coefficient (Wildman–Crippen LogP) is 4.09. The summed E-state index contributed by atoms with van der Waals surface area (Å²) in [6.07, 6.45) is 0.880. The molecule has 2 N–H and O–H groups in total. The highest BCUT2D eigenvalue weighted by Crippen LogP contribution is 2.45. The Balaban J connectivity index is 2.18. The molecule has 1 heterocycles. The van der Waals surface area contributed by atoms with Crippen molar-refractivity contribution in [3.63, 3.8) is 0 Å². The maximum atomic E-state index is 11.9. The number of nitrogens with zero attached hydrogens (tertiary/aromatic N) is 1. The number of nitrogen functional groups attached to an aromatic ring is 1. The van der Waals surface area contributed by atoms with Crippen LogP contribution in [0.2, 0.25) is 0 Å². The Morgan fingerprint density at radius 1 is 1.23 bits per heavy atom. The van der Waals surface area contributed by atoms with Crippen LogP contribution in [0.3, 0.4) is 0 Å². The van der Waals surface area contributed by atoms with E-state index in [2.05, 4.69) is 47.1 Å². The van der Waals surface area contributed by atoms with Crippen LogP contribution in [-0.2, 0) is 10.2 Å². The van der Waals surface area contributed by atoms with E-state index in [4.69, 9.17) is 5.73 Å². The van der Waals surface area contributed by atoms with Gasteiger partial charge in [0.25, 0.3) is 0 Å². The lowest BCUT2D eigenvalue weighted by Gasteiger charge is -2.41. The van der Waals surface area contributed by atoms with Gasteiger partial charge in [0.15, 0.2) is 0 Å². The van der Waals surface area contributed by atoms with Gasteiger partial charge in [-0.2, -0.15) is 0 Å². The van der Waals surface area contributed by atoms with Gasteiger partial charge in [0.2, 0.25) is 5.91 Å². The number of nitrogens with two attached hydrogens (primary N) is 1. The molecule has 1 aliphatic heterocycles. The molecule has 114 valence electrons. The zero-order valence-corrected chi connectivity index (χ0v) is 14.4. The molecule has 3 rings (SSSR count). The van der Waals surface area contributed by atoms with Gasteiger partial charge in [0, 0.05) is 34.7 Å². The van der Waals surface area contributed by atoms with E-state index in [-0.39, 0.29) is 11.3 Å². The fourth-order valence-corrected chi connectivity index (χ4v) is 3.53. The molecule has 0 radical (unpaired) electrons. The molecular weight excluding hydrogens is 340 g/mol. The maximum Gasteiger partial charge on any atom is 0.223 e. The van der Waals surface area contributed by atoms with Crippen molar-refractivity contribution in [3.05, 3.63) is 58.1 Å². The summed E-state index contributed by atoms with van der Waals surface area (Å²) in [5.74, 6) is 0.0730. The second-order valence-electron chi connectivity index (χ2n) is 6.04. The van der Waals surface area contributed by atoms with Gasteiger partial charge < -0.3 is 10.6 Å². The zero-order valence-electron chi connectivity index (χ0n) is 12.8. The summed E-state index contributed by atoms with van der Waals surface area (Å²) in [5, 5.41) is 0. The molecule has 4 heteroatoms. The van der Waals surface area contributed by atoms with Crippen LogP contribution in [0.15, 0.2) is 46.9 Å². The molecule has 0 aromatic heterocycles. The number of benzene rings is 2. The normalized spacial score (nSPS) is 20.6. The van der Waals surface area contributed by atoms with Crippen molar-refractivity contribution in [1.29, 1.82) is 0 Å². The number of amides is 1. The number of hydrogen-bond acceptors (Lipinski definition) is 2. The molecule has 22 heavy (non-hydrogen) atoms. The van der Waals surface area contributed by atoms with Gasteiger partial charge >= 0.3 is 0 Å². The lowest BCUT2D eigenvalue weighted by atomic mass is 9.71. The van der Waals surface area contributed by atoms with Gasteiger partial charge in [-0.3, -0.25) is 4.79 Å². The fraction of sp³-hybridized carbons (Fsp3) is 0.278. The van der Waals surface area contributed by atoms with Gasteiger partial charge in [-0.1, -0.05) is 35.0 Å². The highest BCUT2D eigenvalue weighted by molar-refractivity contribution is 9.10. The van der Waals surface area contributed by atoms with Crippen LogP contribution in [0.5, 0.6) is 0 Å². The Labute approximate surface area is 139 Å². The van der Waals surface area contributed by atoms with Crippen molar-refractivity contribution in [2.45, 2.75) is 25.7 Å². The lowest BCUT2D eigenvalue weighted by molar-refractivity contribution is -0.116. The molecular formula is C18H19BrN2O. The Kier molecular flexibility index (Phi) is 3.73. The first-order valence-electron chi connectivity index (χ1n) is 7.36. The van der Waals surface area contributed by atoms with Crippen LogP contribution >= 0.6 is 15.9 Å². The quantitative estimate of drug-likeness (QED) is 0.780. The highest BCUT2D eigenvalue weighted by atomic mass is 79.9. The molecule has 1 aliphatic rings. The first kappa shape index (κ1) is 15.1. The lowest BCUT2D eigenvalue weighted by Crippen LogP contribution is -2.41. The molecule has 0 saturated carbocycles. The number of carbonyl (C=O) groups is 1. The summed E-state index contributed by atoms with van der Waals surface area (Å²) >= 11 is 3.49. The van der Waals surface area contributed by atoms with E-state index in [9.17, 15) is 4.79 Å². The average molecular weight is 359 g/mol. The van der Waals surface area contributed by atoms with Gasteiger partial charge in [-0.05, 0) is 47.9 Å². The second kappa shape index (κ2) is 5.43. The Hall–Kier alpha value is -1.81. The maximum absolute atomic E-state index is 11.9. The molecule has 0 fully saturated rings. The number of halogens is 1. The second-order valence-corrected chi connectivity index (χ2v) is 6.95. The van der Waals surface area contributed by atoms with E-state index in [0.717, 1.165) is 34.4 Å². The predicted molar refractivity (Wildman–Crippen MR) is 94.1 cm³/mol. The van der Waals surface area contributed by atoms with Gasteiger partial charge in [0.1, 0.15) is 0 Å². The van der Waals surface area contributed by atoms with E-state index in [1.54, 1.807) is 6.92 Å². The molecule has 3 nitrogen and oxygen atoms in total. The third-order valence-electron chi connectivity index (χ3n) is 4.60. The van der Waals surface area contributed by atoms with Crippen molar-refractivity contribution in [1.82, 2.24) is 0 Å². The van der Waals surface area contributed by atoms with Crippen molar-refractivity contribution in [2.75, 3.05) is 17.2 Å². The van der Waals surface area contributed by atoms with Crippen LogP contribution < -0.4 is 10.6 Å². The van der Waals surface area contributed by atoms with E-state index in [1.165, 1.54) is 5.56 Å². The summed E-state index contributed by atoms with van der Waals surface area (Å²) in [7, 11) is 0. The molecule has 1 amide bonds. The van der Waals surface area contributed by atoms with Crippen LogP contribution in [0.1, 0.15) is 31.4 Å². The molecule has 2 aromatic carbocycles. The van der Waals surface area contributed by atoms with Crippen LogP contribution in [-0.4, -0.2) is 12.5 Å². The standard InChI is InChI=1S/C18H19BrN2O/c1-12(22)21-10-9-18(2,13-3-5-14(19)6-4-13)16-11-15(20)7-8-17(16)21/h3-8,11H,9-10,20H2,1-2H3. The molecule has 1 unspecified atom stereocenters. The van der Waals surface area contributed by atoms with Crippen molar-refractivity contribution in [2.24, 2.45) is 0 Å². The van der Waals surface area contributed by atoms with Gasteiger partial charge in [0.05, 0.1) is 0 Å². The van der Waals surface area contributed by atoms with Crippen LogP contribution in [0.4, 0.5) is 11.4 Å². The summed E-state index contributed by atoms with van der Waals surface area (Å²) in [6, 6.07) is 14.2. The first-order chi connectivity index (χ1) is 10.4. The monoisotopic (exact) mass is 358 g/mol. The minimum Gasteiger partial charge on any atom is -0.399 e. The van der Waals surface area contributed by atoms with Crippen LogP contribution in [0, 0.1) is 0 Å². The largest absolute Gasteiger partial charge is 0.399 e. The third-order valence-corrected chi connectivity index (χ3v) is 5.13. The van der Waals surface area contributed by atoms with E-state index < -0.39 is 0 Å². The molecule has 0 spiro atoms. The molecule has 0 bridgehead atoms. The smallest absolute Gasteiger partial charge is 0.223 e. The topological polar surface area (TPSA) is 46.3 Å². The van der Waals surface area contributed by atoms with E-state index in [1.807, 2.05) is 23.1 Å². The minimum absolute atomic E-state index is 0.0730. The average Bonchev–Trinajstić information content (AvgIpc) is 2.48. The molecule has 2 aromatic rings. The Morgan fingerprint density at radius 3 is 2.55 bits per heavy atom. The van der Waals surface area contributed by atoms with Gasteiger partial charge in [-0.25, -0.2) is 0 Å². The highest BCUT2D eigenvalue weighted by Gasteiger charge is 2.37. The van der Waals surface area contributed by atoms with E-state index in [0.29, 0.717) is 0 Å². The minimum atomic E-state index is -0.142. The molecule has 1 atom stereocenters. The molecule has 0 saturated heterocycles. The van der Waals surface area contributed by atoms with Crippen LogP contribution in [0.25, 0.3) is 0 Å². The third kappa shape index (κ3) is 2.41. The number of rotatable bonds is 1. The fourth-order valence-electron chi connectivity index (χ4n) is 3.27. The summed E-state index contributed by atoms with van der Waals surface area (Å²) < 4.78 is 1.06. The summed E-state index contributed by atoms with van der Waals surface area (Å²) in [5.41, 5.74) is 9.94. The Morgan fingerprint density at radius 2 is 1.91 bits per heavy atom. The zero-order chi connectivity index (χ0) is 15.9. The number of fused-ring (bicyclic) bond motifs is 1.